The highest BCUT2D eigenvalue weighted by Crippen LogP contribution is 2.19. The summed E-state index contributed by atoms with van der Waals surface area (Å²) < 4.78 is 13.0. The van der Waals surface area contributed by atoms with E-state index in [1.54, 1.807) is 0 Å². The minimum Gasteiger partial charge on any atom is -0.507 e. The summed E-state index contributed by atoms with van der Waals surface area (Å²) in [6, 6.07) is 3.23. The molecule has 1 rings (SSSR count). The number of halogens is 1. The normalized spacial score (nSPS) is 10.3. The van der Waals surface area contributed by atoms with Crippen LogP contribution in [0.2, 0.25) is 0 Å². The molecule has 17 heavy (non-hydrogen) atoms. The number of benzene rings is 1. The van der Waals surface area contributed by atoms with Crippen LogP contribution >= 0.6 is 0 Å². The Kier molecular flexibility index (Phi) is 4.90. The van der Waals surface area contributed by atoms with Crippen molar-refractivity contribution < 1.29 is 19.4 Å². The van der Waals surface area contributed by atoms with Crippen molar-refractivity contribution in [3.63, 3.8) is 0 Å². The highest BCUT2D eigenvalue weighted by molar-refractivity contribution is 5.96. The van der Waals surface area contributed by atoms with Gasteiger partial charge in [-0.1, -0.05) is 6.92 Å². The monoisotopic (exact) mass is 241 g/mol. The van der Waals surface area contributed by atoms with Gasteiger partial charge in [-0.05, 0) is 24.6 Å². The fraction of sp³-hybridized carbons (Fsp3) is 0.417. The highest BCUT2D eigenvalue weighted by atomic mass is 19.1. The Morgan fingerprint density at radius 1 is 1.41 bits per heavy atom. The lowest BCUT2D eigenvalue weighted by atomic mass is 10.1. The molecule has 0 aliphatic carbocycles. The Bertz CT molecular complexity index is 389. The van der Waals surface area contributed by atoms with Gasteiger partial charge in [0.05, 0.1) is 12.2 Å². The van der Waals surface area contributed by atoms with E-state index in [9.17, 15) is 14.3 Å². The number of amides is 1. The van der Waals surface area contributed by atoms with Gasteiger partial charge in [-0.3, -0.25) is 4.79 Å². The number of aliphatic hydroxyl groups excluding tert-OH is 1. The van der Waals surface area contributed by atoms with E-state index in [1.165, 1.54) is 4.90 Å². The van der Waals surface area contributed by atoms with Crippen LogP contribution < -0.4 is 0 Å². The van der Waals surface area contributed by atoms with Crippen LogP contribution in [-0.4, -0.2) is 40.7 Å². The van der Waals surface area contributed by atoms with Gasteiger partial charge in [0.1, 0.15) is 11.6 Å². The minimum absolute atomic E-state index is 0.0769. The van der Waals surface area contributed by atoms with Gasteiger partial charge in [0.15, 0.2) is 0 Å². The first-order valence-electron chi connectivity index (χ1n) is 5.48. The third-order valence-electron chi connectivity index (χ3n) is 2.34. The van der Waals surface area contributed by atoms with E-state index in [4.69, 9.17) is 5.11 Å². The zero-order valence-corrected chi connectivity index (χ0v) is 9.69. The first kappa shape index (κ1) is 13.4. The average Bonchev–Trinajstić information content (AvgIpc) is 2.31. The van der Waals surface area contributed by atoms with Crippen molar-refractivity contribution in [1.82, 2.24) is 4.90 Å². The maximum absolute atomic E-state index is 13.0. The van der Waals surface area contributed by atoms with Gasteiger partial charge in [0, 0.05) is 13.1 Å². The molecule has 5 heteroatoms. The Hall–Kier alpha value is -1.62. The van der Waals surface area contributed by atoms with Crippen LogP contribution in [0.5, 0.6) is 5.75 Å². The second-order valence-corrected chi connectivity index (χ2v) is 3.68. The maximum atomic E-state index is 13.0. The lowest BCUT2D eigenvalue weighted by molar-refractivity contribution is 0.0718. The summed E-state index contributed by atoms with van der Waals surface area (Å²) in [5.41, 5.74) is -0.0769. The number of carbonyl (C=O) groups is 1. The quantitative estimate of drug-likeness (QED) is 0.818. The number of hydrogen-bond acceptors (Lipinski definition) is 3. The molecule has 0 bridgehead atoms. The summed E-state index contributed by atoms with van der Waals surface area (Å²) in [5.74, 6) is -1.31. The van der Waals surface area contributed by atoms with Crippen molar-refractivity contribution in [2.75, 3.05) is 19.7 Å². The second kappa shape index (κ2) is 6.20. The molecule has 2 N–H and O–H groups in total. The fourth-order valence-corrected chi connectivity index (χ4v) is 1.56. The zero-order chi connectivity index (χ0) is 12.8. The molecule has 0 saturated heterocycles. The van der Waals surface area contributed by atoms with Crippen LogP contribution in [0.3, 0.4) is 0 Å². The van der Waals surface area contributed by atoms with E-state index in [0.717, 1.165) is 24.6 Å². The topological polar surface area (TPSA) is 60.8 Å². The van der Waals surface area contributed by atoms with Crippen molar-refractivity contribution in [3.05, 3.63) is 29.6 Å². The lowest BCUT2D eigenvalue weighted by Crippen LogP contribution is -2.34. The van der Waals surface area contributed by atoms with Crippen LogP contribution in [0.15, 0.2) is 18.2 Å². The molecule has 0 atom stereocenters. The molecule has 0 fully saturated rings. The second-order valence-electron chi connectivity index (χ2n) is 3.68. The summed E-state index contributed by atoms with van der Waals surface area (Å²) >= 11 is 0. The van der Waals surface area contributed by atoms with Crippen LogP contribution in [-0.2, 0) is 0 Å². The van der Waals surface area contributed by atoms with E-state index in [0.29, 0.717) is 6.54 Å². The summed E-state index contributed by atoms with van der Waals surface area (Å²) in [6.07, 6.45) is 0.724. The predicted molar refractivity (Wildman–Crippen MR) is 61.3 cm³/mol. The molecule has 0 unspecified atom stereocenters. The van der Waals surface area contributed by atoms with E-state index in [1.807, 2.05) is 6.92 Å². The first-order valence-corrected chi connectivity index (χ1v) is 5.48. The molecule has 0 aliphatic heterocycles. The molecule has 0 aliphatic rings. The molecule has 1 aromatic carbocycles. The molecule has 0 radical (unpaired) electrons. The standard InChI is InChI=1S/C12H16FNO3/c1-2-5-14(6-7-15)12(17)10-8-9(13)3-4-11(10)16/h3-4,8,15-16H,2,5-7H2,1H3. The number of hydrogen-bond donors (Lipinski definition) is 2. The van der Waals surface area contributed by atoms with E-state index in [2.05, 4.69) is 0 Å². The maximum Gasteiger partial charge on any atom is 0.257 e. The number of aromatic hydroxyl groups is 1. The molecule has 0 saturated carbocycles. The van der Waals surface area contributed by atoms with Gasteiger partial charge < -0.3 is 15.1 Å². The fourth-order valence-electron chi connectivity index (χ4n) is 1.56. The number of rotatable bonds is 5. The molecule has 4 nitrogen and oxygen atoms in total. The van der Waals surface area contributed by atoms with Crippen molar-refractivity contribution >= 4 is 5.91 Å². The van der Waals surface area contributed by atoms with Gasteiger partial charge in [0.2, 0.25) is 0 Å². The summed E-state index contributed by atoms with van der Waals surface area (Å²) in [7, 11) is 0. The van der Waals surface area contributed by atoms with Crippen LogP contribution in [0, 0.1) is 5.82 Å². The van der Waals surface area contributed by atoms with Crippen LogP contribution in [0.4, 0.5) is 4.39 Å². The van der Waals surface area contributed by atoms with Gasteiger partial charge in [0.25, 0.3) is 5.91 Å². The van der Waals surface area contributed by atoms with Crippen LogP contribution in [0.25, 0.3) is 0 Å². The van der Waals surface area contributed by atoms with E-state index >= 15 is 0 Å². The molecule has 0 heterocycles. The highest BCUT2D eigenvalue weighted by Gasteiger charge is 2.18. The minimum atomic E-state index is -0.577. The van der Waals surface area contributed by atoms with Crippen molar-refractivity contribution in [3.8, 4) is 5.75 Å². The van der Waals surface area contributed by atoms with E-state index < -0.39 is 11.7 Å². The lowest BCUT2D eigenvalue weighted by Gasteiger charge is -2.21. The smallest absolute Gasteiger partial charge is 0.257 e. The third-order valence-corrected chi connectivity index (χ3v) is 2.34. The number of phenols is 1. The molecule has 1 amide bonds. The first-order chi connectivity index (χ1) is 8.10. The van der Waals surface area contributed by atoms with Gasteiger partial charge in [-0.2, -0.15) is 0 Å². The Labute approximate surface area is 99.3 Å². The summed E-state index contributed by atoms with van der Waals surface area (Å²) in [5, 5.41) is 18.4. The zero-order valence-electron chi connectivity index (χ0n) is 9.69. The largest absolute Gasteiger partial charge is 0.507 e. The average molecular weight is 241 g/mol. The van der Waals surface area contributed by atoms with Gasteiger partial charge in [-0.25, -0.2) is 4.39 Å². The Morgan fingerprint density at radius 2 is 2.12 bits per heavy atom. The van der Waals surface area contributed by atoms with Crippen molar-refractivity contribution in [2.45, 2.75) is 13.3 Å². The number of aliphatic hydroxyl groups is 1. The van der Waals surface area contributed by atoms with Gasteiger partial charge >= 0.3 is 0 Å². The Morgan fingerprint density at radius 3 is 2.71 bits per heavy atom. The van der Waals surface area contributed by atoms with E-state index in [-0.39, 0.29) is 24.5 Å². The molecule has 0 spiro atoms. The molecular weight excluding hydrogens is 225 g/mol. The van der Waals surface area contributed by atoms with Gasteiger partial charge in [-0.15, -0.1) is 0 Å². The number of nitrogens with zero attached hydrogens (tertiary/aromatic N) is 1. The summed E-state index contributed by atoms with van der Waals surface area (Å²) in [6.45, 7) is 2.35. The molecule has 1 aromatic rings. The Balaban J connectivity index is 2.95. The number of carbonyl (C=O) groups excluding carboxylic acids is 1. The van der Waals surface area contributed by atoms with Crippen molar-refractivity contribution in [1.29, 1.82) is 0 Å². The molecule has 94 valence electrons. The van der Waals surface area contributed by atoms with Crippen LogP contribution in [0.1, 0.15) is 23.7 Å². The molecule has 0 aromatic heterocycles. The summed E-state index contributed by atoms with van der Waals surface area (Å²) in [4.78, 5) is 13.4. The third kappa shape index (κ3) is 3.42. The molecular formula is C12H16FNO3. The predicted octanol–water partition coefficient (Wildman–Crippen LogP) is 1.38. The van der Waals surface area contributed by atoms with Crippen molar-refractivity contribution in [2.24, 2.45) is 0 Å². The number of phenolic OH excluding ortho intramolecular Hbond substituents is 1. The SMILES string of the molecule is CCCN(CCO)C(=O)c1cc(F)ccc1O.